The average Bonchev–Trinajstić information content (AvgIpc) is 2.95. The van der Waals surface area contributed by atoms with Crippen molar-refractivity contribution in [3.63, 3.8) is 0 Å². The van der Waals surface area contributed by atoms with Crippen LogP contribution >= 0.6 is 11.3 Å². The molecule has 0 aliphatic carbocycles. The number of rotatable bonds is 4. The molecule has 108 valence electrons. The number of hydrogen-bond donors (Lipinski definition) is 1. The molecule has 0 atom stereocenters. The normalized spacial score (nSPS) is 11.6. The van der Waals surface area contributed by atoms with Crippen molar-refractivity contribution in [3.8, 4) is 0 Å². The smallest absolute Gasteiger partial charge is 0.350 e. The van der Waals surface area contributed by atoms with Crippen LogP contribution in [0.2, 0.25) is 0 Å². The summed E-state index contributed by atoms with van der Waals surface area (Å²) >= 11 is 1.41. The number of amides is 1. The molecule has 9 heteroatoms. The van der Waals surface area contributed by atoms with Crippen molar-refractivity contribution in [2.45, 2.75) is 26.2 Å². The molecular weight excluding hydrogens is 293 g/mol. The van der Waals surface area contributed by atoms with Crippen LogP contribution in [0.4, 0.5) is 13.2 Å². The van der Waals surface area contributed by atoms with E-state index >= 15 is 0 Å². The van der Waals surface area contributed by atoms with E-state index in [1.807, 2.05) is 6.92 Å². The van der Waals surface area contributed by atoms with Crippen molar-refractivity contribution in [2.24, 2.45) is 0 Å². The molecule has 0 aliphatic rings. The van der Waals surface area contributed by atoms with Gasteiger partial charge in [-0.1, -0.05) is 0 Å². The first-order chi connectivity index (χ1) is 9.36. The Balaban J connectivity index is 1.89. The first-order valence-electron chi connectivity index (χ1n) is 5.62. The monoisotopic (exact) mass is 304 g/mol. The average molecular weight is 304 g/mol. The SMILES string of the molecule is Cc1ncsc1CNC(=O)Cn1ccc(C(F)(F)F)n1. The summed E-state index contributed by atoms with van der Waals surface area (Å²) in [5.41, 5.74) is 1.48. The van der Waals surface area contributed by atoms with E-state index in [9.17, 15) is 18.0 Å². The molecule has 1 N–H and O–H groups in total. The Morgan fingerprint density at radius 2 is 2.25 bits per heavy atom. The molecule has 0 saturated heterocycles. The second-order valence-corrected chi connectivity index (χ2v) is 4.97. The molecule has 0 spiro atoms. The molecule has 5 nitrogen and oxygen atoms in total. The zero-order valence-electron chi connectivity index (χ0n) is 10.4. The van der Waals surface area contributed by atoms with E-state index in [0.29, 0.717) is 6.54 Å². The Bertz CT molecular complexity index is 605. The Morgan fingerprint density at radius 1 is 1.50 bits per heavy atom. The summed E-state index contributed by atoms with van der Waals surface area (Å²) in [6.07, 6.45) is -3.37. The van der Waals surface area contributed by atoms with Crippen molar-refractivity contribution in [1.29, 1.82) is 0 Å². The second kappa shape index (κ2) is 5.61. The van der Waals surface area contributed by atoms with Crippen LogP contribution in [-0.2, 0) is 24.1 Å². The predicted molar refractivity (Wildman–Crippen MR) is 65.9 cm³/mol. The lowest BCUT2D eigenvalue weighted by Crippen LogP contribution is -2.27. The van der Waals surface area contributed by atoms with Gasteiger partial charge in [0, 0.05) is 11.1 Å². The Hall–Kier alpha value is -1.90. The predicted octanol–water partition coefficient (Wildman–Crippen LogP) is 1.98. The van der Waals surface area contributed by atoms with Gasteiger partial charge in [-0.2, -0.15) is 18.3 Å². The lowest BCUT2D eigenvalue weighted by molar-refractivity contribution is -0.141. The highest BCUT2D eigenvalue weighted by atomic mass is 32.1. The van der Waals surface area contributed by atoms with Gasteiger partial charge in [0.25, 0.3) is 0 Å². The number of hydrogen-bond acceptors (Lipinski definition) is 4. The third kappa shape index (κ3) is 3.56. The van der Waals surface area contributed by atoms with Crippen LogP contribution in [0.1, 0.15) is 16.3 Å². The maximum absolute atomic E-state index is 12.3. The van der Waals surface area contributed by atoms with Crippen molar-refractivity contribution < 1.29 is 18.0 Å². The molecule has 1 amide bonds. The Kier molecular flexibility index (Phi) is 4.07. The number of nitrogens with zero attached hydrogens (tertiary/aromatic N) is 3. The fourth-order valence-corrected chi connectivity index (χ4v) is 2.20. The van der Waals surface area contributed by atoms with Gasteiger partial charge in [-0.3, -0.25) is 9.48 Å². The number of aromatic nitrogens is 3. The van der Waals surface area contributed by atoms with Crippen molar-refractivity contribution in [2.75, 3.05) is 0 Å². The third-order valence-corrected chi connectivity index (χ3v) is 3.46. The number of halogens is 3. The Labute approximate surface area is 116 Å². The minimum atomic E-state index is -4.50. The first-order valence-corrected chi connectivity index (χ1v) is 6.50. The number of carbonyl (C=O) groups is 1. The summed E-state index contributed by atoms with van der Waals surface area (Å²) < 4.78 is 38.0. The molecule has 2 rings (SSSR count). The first kappa shape index (κ1) is 14.5. The maximum Gasteiger partial charge on any atom is 0.435 e. The van der Waals surface area contributed by atoms with Crippen LogP contribution in [0.3, 0.4) is 0 Å². The minimum absolute atomic E-state index is 0.256. The van der Waals surface area contributed by atoms with E-state index in [-0.39, 0.29) is 6.54 Å². The van der Waals surface area contributed by atoms with Crippen LogP contribution in [0.25, 0.3) is 0 Å². The van der Waals surface area contributed by atoms with Crippen molar-refractivity contribution in [3.05, 3.63) is 34.0 Å². The van der Waals surface area contributed by atoms with Gasteiger partial charge in [0.2, 0.25) is 5.91 Å². The fourth-order valence-electron chi connectivity index (χ4n) is 1.48. The zero-order chi connectivity index (χ0) is 14.8. The molecule has 2 aromatic heterocycles. The molecule has 0 aromatic carbocycles. The van der Waals surface area contributed by atoms with E-state index in [4.69, 9.17) is 0 Å². The van der Waals surface area contributed by atoms with Gasteiger partial charge in [-0.25, -0.2) is 4.98 Å². The van der Waals surface area contributed by atoms with Gasteiger partial charge >= 0.3 is 6.18 Å². The highest BCUT2D eigenvalue weighted by Crippen LogP contribution is 2.27. The summed E-state index contributed by atoms with van der Waals surface area (Å²) in [5, 5.41) is 5.92. The quantitative estimate of drug-likeness (QED) is 0.939. The summed E-state index contributed by atoms with van der Waals surface area (Å²) in [7, 11) is 0. The van der Waals surface area contributed by atoms with Crippen LogP contribution < -0.4 is 5.32 Å². The van der Waals surface area contributed by atoms with Gasteiger partial charge in [-0.05, 0) is 13.0 Å². The molecule has 0 fully saturated rings. The van der Waals surface area contributed by atoms with Gasteiger partial charge in [0.15, 0.2) is 5.69 Å². The molecule has 0 aliphatic heterocycles. The van der Waals surface area contributed by atoms with Gasteiger partial charge in [0.05, 0.1) is 17.7 Å². The summed E-state index contributed by atoms with van der Waals surface area (Å²) in [6.45, 7) is 1.87. The van der Waals surface area contributed by atoms with E-state index in [2.05, 4.69) is 15.4 Å². The van der Waals surface area contributed by atoms with Crippen molar-refractivity contribution >= 4 is 17.2 Å². The molecule has 20 heavy (non-hydrogen) atoms. The van der Waals surface area contributed by atoms with Gasteiger partial charge in [-0.15, -0.1) is 11.3 Å². The number of thiazole rings is 1. The van der Waals surface area contributed by atoms with E-state index in [0.717, 1.165) is 27.5 Å². The third-order valence-electron chi connectivity index (χ3n) is 2.53. The van der Waals surface area contributed by atoms with E-state index < -0.39 is 17.8 Å². The fraction of sp³-hybridized carbons (Fsp3) is 0.364. The van der Waals surface area contributed by atoms with E-state index in [1.54, 1.807) is 5.51 Å². The second-order valence-electron chi connectivity index (χ2n) is 4.03. The maximum atomic E-state index is 12.3. The van der Waals surface area contributed by atoms with Crippen molar-refractivity contribution in [1.82, 2.24) is 20.1 Å². The number of nitrogens with one attached hydrogen (secondary N) is 1. The van der Waals surface area contributed by atoms with E-state index in [1.165, 1.54) is 11.3 Å². The molecule has 0 bridgehead atoms. The molecule has 0 radical (unpaired) electrons. The molecule has 0 unspecified atom stereocenters. The number of aryl methyl sites for hydroxylation is 1. The number of alkyl halides is 3. The summed E-state index contributed by atoms with van der Waals surface area (Å²) in [6, 6.07) is 0.834. The topological polar surface area (TPSA) is 59.8 Å². The highest BCUT2D eigenvalue weighted by Gasteiger charge is 2.33. The molecule has 2 aromatic rings. The van der Waals surface area contributed by atoms with Crippen LogP contribution in [0, 0.1) is 6.92 Å². The molecule has 0 saturated carbocycles. The summed E-state index contributed by atoms with van der Waals surface area (Å²) in [5.74, 6) is -0.408. The van der Waals surface area contributed by atoms with Gasteiger partial charge in [0.1, 0.15) is 6.54 Å². The highest BCUT2D eigenvalue weighted by molar-refractivity contribution is 7.09. The minimum Gasteiger partial charge on any atom is -0.350 e. The van der Waals surface area contributed by atoms with Crippen LogP contribution in [0.15, 0.2) is 17.8 Å². The lowest BCUT2D eigenvalue weighted by atomic mass is 10.4. The largest absolute Gasteiger partial charge is 0.435 e. The van der Waals surface area contributed by atoms with Gasteiger partial charge < -0.3 is 5.32 Å². The zero-order valence-corrected chi connectivity index (χ0v) is 11.3. The van der Waals surface area contributed by atoms with Crippen LogP contribution in [0.5, 0.6) is 0 Å². The standard InChI is InChI=1S/C11H11F3N4OS/c1-7-8(20-6-16-7)4-15-10(19)5-18-3-2-9(17-18)11(12,13)14/h2-3,6H,4-5H2,1H3,(H,15,19). The molecular formula is C11H11F3N4OS. The number of carbonyl (C=O) groups excluding carboxylic acids is 1. The Morgan fingerprint density at radius 3 is 2.80 bits per heavy atom. The summed E-state index contributed by atoms with van der Waals surface area (Å²) in [4.78, 5) is 16.6. The van der Waals surface area contributed by atoms with Crippen LogP contribution in [-0.4, -0.2) is 20.7 Å². The lowest BCUT2D eigenvalue weighted by Gasteiger charge is -2.05. The molecule has 2 heterocycles.